The molecule has 1 aliphatic carbocycles. The molecule has 1 amide bonds. The Kier molecular flexibility index (Phi) is 7.06. The Morgan fingerprint density at radius 2 is 2.00 bits per heavy atom. The summed E-state index contributed by atoms with van der Waals surface area (Å²) < 4.78 is 19.8. The van der Waals surface area contributed by atoms with Gasteiger partial charge in [0.2, 0.25) is 17.7 Å². The highest BCUT2D eigenvalue weighted by Crippen LogP contribution is 2.40. The monoisotopic (exact) mass is 526 g/mol. The first kappa shape index (κ1) is 25.2. The third-order valence-corrected chi connectivity index (χ3v) is 7.30. The maximum atomic E-state index is 13.3. The van der Waals surface area contributed by atoms with Crippen molar-refractivity contribution in [2.75, 3.05) is 23.7 Å². The number of halogens is 1. The van der Waals surface area contributed by atoms with Crippen LogP contribution in [0.15, 0.2) is 60.9 Å². The lowest BCUT2D eigenvalue weighted by Gasteiger charge is -2.23. The Labute approximate surface area is 226 Å². The number of anilines is 2. The number of aryl methyl sites for hydroxylation is 1. The molecule has 0 radical (unpaired) electrons. The highest BCUT2D eigenvalue weighted by molar-refractivity contribution is 6.04. The van der Waals surface area contributed by atoms with Crippen molar-refractivity contribution in [2.24, 2.45) is 5.92 Å². The van der Waals surface area contributed by atoms with Crippen LogP contribution in [0, 0.1) is 12.8 Å². The van der Waals surface area contributed by atoms with Crippen LogP contribution in [0.4, 0.5) is 16.0 Å². The van der Waals surface area contributed by atoms with Gasteiger partial charge in [0.1, 0.15) is 11.9 Å². The van der Waals surface area contributed by atoms with Crippen molar-refractivity contribution in [1.29, 1.82) is 0 Å². The molecule has 4 aromatic rings. The van der Waals surface area contributed by atoms with Crippen LogP contribution in [-0.4, -0.2) is 46.2 Å². The topological polar surface area (TPSA) is 101 Å². The minimum absolute atomic E-state index is 0.166. The number of nitrogens with one attached hydrogen (secondary N) is 3. The van der Waals surface area contributed by atoms with Crippen molar-refractivity contribution < 1.29 is 13.9 Å². The first-order valence-electron chi connectivity index (χ1n) is 13.4. The minimum atomic E-state index is -0.857. The molecule has 2 aromatic heterocycles. The largest absolute Gasteiger partial charge is 0.437 e. The van der Waals surface area contributed by atoms with Crippen molar-refractivity contribution in [3.8, 4) is 22.9 Å². The number of carbonyl (C=O) groups is 1. The molecule has 2 aromatic carbocycles. The predicted octanol–water partition coefficient (Wildman–Crippen LogP) is 5.64. The molecule has 3 N–H and O–H groups in total. The summed E-state index contributed by atoms with van der Waals surface area (Å²) >= 11 is 0. The molecular formula is C30H31FN6O2. The number of ether oxygens (including phenoxy) is 1. The Morgan fingerprint density at radius 3 is 2.82 bits per heavy atom. The fourth-order valence-electron chi connectivity index (χ4n) is 5.04. The number of piperidine rings is 1. The Bertz CT molecular complexity index is 1510. The van der Waals surface area contributed by atoms with Gasteiger partial charge in [-0.1, -0.05) is 24.3 Å². The number of fused-ring (bicyclic) bond motifs is 1. The van der Waals surface area contributed by atoms with E-state index in [1.54, 1.807) is 12.4 Å². The van der Waals surface area contributed by atoms with Crippen LogP contribution in [0.25, 0.3) is 22.0 Å². The second-order valence-electron chi connectivity index (χ2n) is 10.3. The number of benzene rings is 2. The van der Waals surface area contributed by atoms with Crippen molar-refractivity contribution in [2.45, 2.75) is 44.8 Å². The summed E-state index contributed by atoms with van der Waals surface area (Å²) in [4.78, 5) is 26.2. The molecule has 1 aliphatic heterocycles. The molecule has 3 heterocycles. The van der Waals surface area contributed by atoms with Gasteiger partial charge in [-0.15, -0.1) is 0 Å². The van der Waals surface area contributed by atoms with Crippen LogP contribution in [-0.2, 0) is 4.79 Å². The lowest BCUT2D eigenvalue weighted by molar-refractivity contribution is -0.116. The highest BCUT2D eigenvalue weighted by Gasteiger charge is 2.38. The zero-order valence-electron chi connectivity index (χ0n) is 21.8. The number of alkyl halides is 1. The Balaban J connectivity index is 1.29. The van der Waals surface area contributed by atoms with Gasteiger partial charge in [-0.05, 0) is 62.6 Å². The van der Waals surface area contributed by atoms with Crippen LogP contribution in [0.3, 0.4) is 0 Å². The van der Waals surface area contributed by atoms with Gasteiger partial charge in [0.05, 0.1) is 11.3 Å². The molecule has 1 saturated heterocycles. The first-order chi connectivity index (χ1) is 19.0. The van der Waals surface area contributed by atoms with E-state index in [-0.39, 0.29) is 24.3 Å². The van der Waals surface area contributed by atoms with Crippen molar-refractivity contribution >= 4 is 28.3 Å². The standard InChI is InChI=1S/C30H31FN6O2/c1-18-9-10-21-22(6-2-8-25(21)36-27(38)16-19-15-24(19)31)28(18)39-29-23(7-4-13-33-29)26-11-14-34-30(37-26)35-20-5-3-12-32-17-20/h2,4,6-11,13-14,19-20,24,32H,3,5,12,15-17H2,1H3,(H,36,38)(H,34,35,37)/t19-,20-,24-/m0/s1. The van der Waals surface area contributed by atoms with Crippen LogP contribution in [0.2, 0.25) is 0 Å². The molecular weight excluding hydrogens is 495 g/mol. The Hall–Kier alpha value is -4.11. The van der Waals surface area contributed by atoms with E-state index in [9.17, 15) is 9.18 Å². The number of aromatic nitrogens is 3. The normalized spacial score (nSPS) is 20.4. The first-order valence-corrected chi connectivity index (χ1v) is 13.4. The molecule has 1 saturated carbocycles. The van der Waals surface area contributed by atoms with E-state index in [0.29, 0.717) is 35.4 Å². The zero-order chi connectivity index (χ0) is 26.8. The number of carbonyl (C=O) groups excluding carboxylic acids is 1. The molecule has 8 nitrogen and oxygen atoms in total. The van der Waals surface area contributed by atoms with Gasteiger partial charge in [-0.3, -0.25) is 4.79 Å². The fourth-order valence-corrected chi connectivity index (χ4v) is 5.04. The maximum absolute atomic E-state index is 13.3. The van der Waals surface area contributed by atoms with Gasteiger partial charge < -0.3 is 20.7 Å². The van der Waals surface area contributed by atoms with Crippen molar-refractivity contribution in [1.82, 2.24) is 20.3 Å². The van der Waals surface area contributed by atoms with E-state index >= 15 is 0 Å². The average molecular weight is 527 g/mol. The smallest absolute Gasteiger partial charge is 0.228 e. The number of hydrogen-bond acceptors (Lipinski definition) is 7. The highest BCUT2D eigenvalue weighted by atomic mass is 19.1. The van der Waals surface area contributed by atoms with Gasteiger partial charge in [0.15, 0.2) is 0 Å². The number of rotatable bonds is 8. The summed E-state index contributed by atoms with van der Waals surface area (Å²) in [6.45, 7) is 3.90. The summed E-state index contributed by atoms with van der Waals surface area (Å²) in [7, 11) is 0. The van der Waals surface area contributed by atoms with E-state index in [1.165, 1.54) is 0 Å². The van der Waals surface area contributed by atoms with E-state index in [0.717, 1.165) is 47.8 Å². The number of nitrogens with zero attached hydrogens (tertiary/aromatic N) is 3. The van der Waals surface area contributed by atoms with Crippen molar-refractivity contribution in [3.05, 3.63) is 66.5 Å². The molecule has 3 atom stereocenters. The van der Waals surface area contributed by atoms with Gasteiger partial charge >= 0.3 is 0 Å². The van der Waals surface area contributed by atoms with E-state index in [4.69, 9.17) is 9.72 Å². The van der Waals surface area contributed by atoms with Gasteiger partial charge in [-0.2, -0.15) is 0 Å². The van der Waals surface area contributed by atoms with Gasteiger partial charge in [-0.25, -0.2) is 19.3 Å². The van der Waals surface area contributed by atoms with E-state index < -0.39 is 6.17 Å². The van der Waals surface area contributed by atoms with Gasteiger partial charge in [0, 0.05) is 53.8 Å². The molecule has 2 fully saturated rings. The summed E-state index contributed by atoms with van der Waals surface area (Å²) in [5.74, 6) is 1.30. The maximum Gasteiger partial charge on any atom is 0.228 e. The van der Waals surface area contributed by atoms with Crippen LogP contribution in [0.1, 0.15) is 31.2 Å². The second kappa shape index (κ2) is 10.9. The summed E-state index contributed by atoms with van der Waals surface area (Å²) in [6, 6.07) is 15.5. The summed E-state index contributed by atoms with van der Waals surface area (Å²) in [5, 5.41) is 11.5. The lowest BCUT2D eigenvalue weighted by atomic mass is 10.0. The van der Waals surface area contributed by atoms with E-state index in [2.05, 4.69) is 25.9 Å². The molecule has 0 bridgehead atoms. The second-order valence-corrected chi connectivity index (χ2v) is 10.3. The quantitative estimate of drug-likeness (QED) is 0.273. The SMILES string of the molecule is Cc1ccc2c(NC(=O)C[C@@H]3C[C@@H]3F)cccc2c1Oc1ncccc1-c1ccnc(N[C@H]2CCCNC2)n1. The molecule has 6 rings (SSSR count). The third-order valence-electron chi connectivity index (χ3n) is 7.30. The number of pyridine rings is 1. The predicted molar refractivity (Wildman–Crippen MR) is 150 cm³/mol. The fraction of sp³-hybridized carbons (Fsp3) is 0.333. The van der Waals surface area contributed by atoms with Crippen molar-refractivity contribution in [3.63, 3.8) is 0 Å². The lowest BCUT2D eigenvalue weighted by Crippen LogP contribution is -2.38. The van der Waals surface area contributed by atoms with Gasteiger partial charge in [0.25, 0.3) is 0 Å². The molecule has 2 aliphatic rings. The minimum Gasteiger partial charge on any atom is -0.437 e. The Morgan fingerprint density at radius 1 is 1.10 bits per heavy atom. The molecule has 39 heavy (non-hydrogen) atoms. The van der Waals surface area contributed by atoms with E-state index in [1.807, 2.05) is 55.5 Å². The van der Waals surface area contributed by atoms with Crippen LogP contribution < -0.4 is 20.7 Å². The molecule has 9 heteroatoms. The van der Waals surface area contributed by atoms with Crippen LogP contribution in [0.5, 0.6) is 11.6 Å². The zero-order valence-corrected chi connectivity index (χ0v) is 21.8. The summed E-state index contributed by atoms with van der Waals surface area (Å²) in [6.07, 6.45) is 5.42. The third kappa shape index (κ3) is 5.68. The molecule has 200 valence electrons. The molecule has 0 unspecified atom stereocenters. The number of hydrogen-bond donors (Lipinski definition) is 3. The summed E-state index contributed by atoms with van der Waals surface area (Å²) in [5.41, 5.74) is 3.05. The van der Waals surface area contributed by atoms with Crippen LogP contribution >= 0.6 is 0 Å². The molecule has 0 spiro atoms. The number of amides is 1. The average Bonchev–Trinajstić information content (AvgIpc) is 3.65.